The van der Waals surface area contributed by atoms with Crippen LogP contribution < -0.4 is 19.7 Å². The number of halogens is 4. The Morgan fingerprint density at radius 2 is 1.91 bits per heavy atom. The highest BCUT2D eigenvalue weighted by molar-refractivity contribution is 6.04. The zero-order valence-corrected chi connectivity index (χ0v) is 24.0. The molecule has 0 aliphatic carbocycles. The lowest BCUT2D eigenvalue weighted by Gasteiger charge is -2.39. The van der Waals surface area contributed by atoms with Gasteiger partial charge in [0, 0.05) is 10.9 Å². The van der Waals surface area contributed by atoms with E-state index < -0.39 is 30.3 Å². The molecule has 0 amide bonds. The summed E-state index contributed by atoms with van der Waals surface area (Å²) in [6, 6.07) is 4.01. The summed E-state index contributed by atoms with van der Waals surface area (Å²) in [6.45, 7) is 1.64. The maximum absolute atomic E-state index is 16.8. The molecule has 0 radical (unpaired) electrons. The summed E-state index contributed by atoms with van der Waals surface area (Å²) in [5.41, 5.74) is -0.906. The van der Waals surface area contributed by atoms with Crippen molar-refractivity contribution >= 4 is 27.5 Å². The van der Waals surface area contributed by atoms with Crippen molar-refractivity contribution in [3.8, 4) is 41.2 Å². The monoisotopic (exact) mass is 620 g/mol. The molecule has 0 bridgehead atoms. The first-order valence-corrected chi connectivity index (χ1v) is 14.9. The number of terminal acetylenes is 1. The summed E-state index contributed by atoms with van der Waals surface area (Å²) in [7, 11) is 0. The van der Waals surface area contributed by atoms with Crippen LogP contribution in [0, 0.1) is 24.0 Å². The van der Waals surface area contributed by atoms with Crippen molar-refractivity contribution in [2.24, 2.45) is 0 Å². The van der Waals surface area contributed by atoms with E-state index in [0.29, 0.717) is 5.39 Å². The SMILES string of the molecule is C#Cc1c(F)ccc2cc(O)cc(-c3nc4c5c(nc(OCC67CCCN6CCC7)nc5c3F)N3CC(F)NC(F)C3CO4)c12. The Hall–Kier alpha value is -4.41. The van der Waals surface area contributed by atoms with Gasteiger partial charge in [-0.3, -0.25) is 10.2 Å². The molecule has 0 saturated carbocycles. The molecule has 4 aliphatic rings. The number of ether oxygens (including phenoxy) is 2. The molecule has 3 saturated heterocycles. The van der Waals surface area contributed by atoms with Crippen LogP contribution >= 0.6 is 0 Å². The molecule has 8 rings (SSSR count). The van der Waals surface area contributed by atoms with Gasteiger partial charge in [-0.15, -0.1) is 6.42 Å². The molecular weight excluding hydrogens is 592 g/mol. The molecule has 2 N–H and O–H groups in total. The second-order valence-electron chi connectivity index (χ2n) is 12.1. The fourth-order valence-corrected chi connectivity index (χ4v) is 7.46. The predicted octanol–water partition coefficient (Wildman–Crippen LogP) is 4.58. The van der Waals surface area contributed by atoms with E-state index in [1.807, 2.05) is 0 Å². The first-order valence-electron chi connectivity index (χ1n) is 14.9. The zero-order valence-electron chi connectivity index (χ0n) is 24.0. The number of phenols is 1. The van der Waals surface area contributed by atoms with Gasteiger partial charge < -0.3 is 19.5 Å². The molecular formula is C32H28F4N6O3. The van der Waals surface area contributed by atoms with Crippen LogP contribution in [0.1, 0.15) is 31.2 Å². The van der Waals surface area contributed by atoms with Gasteiger partial charge in [0.15, 0.2) is 18.4 Å². The maximum Gasteiger partial charge on any atom is 0.319 e. The number of hydrogen-bond acceptors (Lipinski definition) is 9. The summed E-state index contributed by atoms with van der Waals surface area (Å²) in [5.74, 6) is 0.320. The minimum Gasteiger partial charge on any atom is -0.508 e. The number of alkyl halides is 2. The average molecular weight is 621 g/mol. The molecule has 3 unspecified atom stereocenters. The molecule has 3 atom stereocenters. The number of anilines is 1. The Balaban J connectivity index is 1.35. The minimum absolute atomic E-state index is 0.00148. The summed E-state index contributed by atoms with van der Waals surface area (Å²) in [5, 5.41) is 13.3. The molecule has 45 heavy (non-hydrogen) atoms. The average Bonchev–Trinajstić information content (AvgIpc) is 3.56. The molecule has 4 aliphatic heterocycles. The van der Waals surface area contributed by atoms with E-state index in [4.69, 9.17) is 15.9 Å². The van der Waals surface area contributed by atoms with Gasteiger partial charge in [0.05, 0.1) is 17.6 Å². The second-order valence-corrected chi connectivity index (χ2v) is 12.1. The molecule has 2 aromatic heterocycles. The van der Waals surface area contributed by atoms with Gasteiger partial charge >= 0.3 is 6.01 Å². The number of aromatic hydroxyl groups is 1. The first-order chi connectivity index (χ1) is 21.8. The number of hydrogen-bond donors (Lipinski definition) is 2. The number of nitrogens with zero attached hydrogens (tertiary/aromatic N) is 5. The van der Waals surface area contributed by atoms with Crippen molar-refractivity contribution in [1.29, 1.82) is 0 Å². The molecule has 13 heteroatoms. The second kappa shape index (κ2) is 10.3. The highest BCUT2D eigenvalue weighted by Crippen LogP contribution is 2.44. The maximum atomic E-state index is 16.8. The standard InChI is InChI=1S/C32H28F4N6O3/c1-2-18-20(33)6-5-16-11-17(43)12-19(23(16)18)26-25(35)27-24-29(42-13-22(34)37-28(36)21(42)14-44-30(24)38-26)40-31(39-27)45-15-32-7-3-9-41(32)10-4-8-32/h1,5-6,11-12,21-22,28,37,43H,3-4,7-10,13-15H2. The number of rotatable bonds is 4. The van der Waals surface area contributed by atoms with Crippen LogP contribution in [0.5, 0.6) is 17.6 Å². The van der Waals surface area contributed by atoms with Crippen molar-refractivity contribution < 1.29 is 32.1 Å². The third-order valence-electron chi connectivity index (χ3n) is 9.54. The van der Waals surface area contributed by atoms with E-state index in [0.717, 1.165) is 44.8 Å². The van der Waals surface area contributed by atoms with Gasteiger partial charge in [-0.05, 0) is 62.4 Å². The van der Waals surface area contributed by atoms with Crippen LogP contribution in [0.15, 0.2) is 24.3 Å². The number of benzene rings is 2. The van der Waals surface area contributed by atoms with Gasteiger partial charge in [0.1, 0.15) is 53.2 Å². The Morgan fingerprint density at radius 3 is 2.69 bits per heavy atom. The van der Waals surface area contributed by atoms with Crippen LogP contribution in [0.3, 0.4) is 0 Å². The topological polar surface area (TPSA) is 95.9 Å². The fourth-order valence-electron chi connectivity index (χ4n) is 7.46. The Kier molecular flexibility index (Phi) is 6.44. The predicted molar refractivity (Wildman–Crippen MR) is 158 cm³/mol. The number of piperazine rings is 1. The van der Waals surface area contributed by atoms with Crippen molar-refractivity contribution in [3.63, 3.8) is 0 Å². The Morgan fingerprint density at radius 1 is 1.11 bits per heavy atom. The molecule has 4 aromatic rings. The van der Waals surface area contributed by atoms with Crippen LogP contribution in [0.25, 0.3) is 32.9 Å². The van der Waals surface area contributed by atoms with E-state index in [1.54, 1.807) is 0 Å². The third-order valence-corrected chi connectivity index (χ3v) is 9.54. The van der Waals surface area contributed by atoms with E-state index in [1.165, 1.54) is 23.1 Å². The van der Waals surface area contributed by atoms with Crippen LogP contribution in [-0.2, 0) is 0 Å². The fraction of sp³-hybridized carbons (Fsp3) is 0.406. The summed E-state index contributed by atoms with van der Waals surface area (Å²) in [4.78, 5) is 17.3. The van der Waals surface area contributed by atoms with Gasteiger partial charge in [0.2, 0.25) is 5.88 Å². The van der Waals surface area contributed by atoms with Crippen molar-refractivity contribution in [2.75, 3.05) is 37.7 Å². The quantitative estimate of drug-likeness (QED) is 0.193. The third kappa shape index (κ3) is 4.34. The molecule has 2 aromatic carbocycles. The summed E-state index contributed by atoms with van der Waals surface area (Å²) >= 11 is 0. The van der Waals surface area contributed by atoms with Crippen LogP contribution in [0.4, 0.5) is 23.4 Å². The highest BCUT2D eigenvalue weighted by Gasteiger charge is 2.46. The number of fused-ring (bicyclic) bond motifs is 4. The zero-order chi connectivity index (χ0) is 31.0. The smallest absolute Gasteiger partial charge is 0.319 e. The van der Waals surface area contributed by atoms with Gasteiger partial charge in [0.25, 0.3) is 0 Å². The number of phenolic OH excluding ortho intramolecular Hbond substituents is 1. The van der Waals surface area contributed by atoms with Crippen LogP contribution in [-0.4, -0.2) is 82.0 Å². The molecule has 0 spiro atoms. The number of pyridine rings is 1. The Bertz CT molecular complexity index is 1910. The van der Waals surface area contributed by atoms with E-state index >= 15 is 8.78 Å². The first kappa shape index (κ1) is 28.1. The largest absolute Gasteiger partial charge is 0.508 e. The lowest BCUT2D eigenvalue weighted by Crippen LogP contribution is -2.61. The van der Waals surface area contributed by atoms with E-state index in [9.17, 15) is 13.9 Å². The van der Waals surface area contributed by atoms with Gasteiger partial charge in [-0.1, -0.05) is 12.0 Å². The lowest BCUT2D eigenvalue weighted by atomic mass is 9.95. The van der Waals surface area contributed by atoms with Crippen molar-refractivity contribution in [1.82, 2.24) is 25.2 Å². The number of nitrogens with one attached hydrogen (secondary N) is 1. The number of aromatic nitrogens is 3. The van der Waals surface area contributed by atoms with Gasteiger partial charge in [-0.25, -0.2) is 22.5 Å². The normalized spacial score (nSPS) is 23.8. The highest BCUT2D eigenvalue weighted by atomic mass is 19.2. The van der Waals surface area contributed by atoms with Crippen molar-refractivity contribution in [3.05, 3.63) is 41.5 Å². The van der Waals surface area contributed by atoms with Crippen molar-refractivity contribution in [2.45, 2.75) is 49.9 Å². The van der Waals surface area contributed by atoms with Gasteiger partial charge in [-0.2, -0.15) is 9.97 Å². The molecule has 9 nitrogen and oxygen atoms in total. The molecule has 232 valence electrons. The van der Waals surface area contributed by atoms with E-state index in [-0.39, 0.29) is 81.9 Å². The minimum atomic E-state index is -1.83. The lowest BCUT2D eigenvalue weighted by molar-refractivity contribution is 0.0872. The Labute approximate surface area is 255 Å². The van der Waals surface area contributed by atoms with E-state index in [2.05, 4.69) is 31.1 Å². The molecule has 6 heterocycles. The molecule has 3 fully saturated rings. The summed E-state index contributed by atoms with van der Waals surface area (Å²) in [6.07, 6.45) is 6.05. The van der Waals surface area contributed by atoms with Crippen LogP contribution in [0.2, 0.25) is 0 Å². The summed E-state index contributed by atoms with van der Waals surface area (Å²) < 4.78 is 73.7.